The van der Waals surface area contributed by atoms with Gasteiger partial charge < -0.3 is 15.0 Å². The van der Waals surface area contributed by atoms with E-state index in [9.17, 15) is 4.39 Å². The van der Waals surface area contributed by atoms with E-state index in [2.05, 4.69) is 15.3 Å². The fraction of sp³-hybridized carbons (Fsp3) is 0.417. The maximum atomic E-state index is 13.0. The Hall–Kier alpha value is -1.46. The standard InChI is InChI=1S/C12H14FN3O/c13-8-1-2-10-11(5-8)16-12(15-10)6-9-7-17-4-3-14-9/h1-2,5,9,14H,3-4,6-7H2,(H,15,16). The van der Waals surface area contributed by atoms with Crippen molar-refractivity contribution in [3.05, 3.63) is 29.8 Å². The third kappa shape index (κ3) is 2.30. The molecule has 3 rings (SSSR count). The van der Waals surface area contributed by atoms with Crippen LogP contribution in [0.1, 0.15) is 5.82 Å². The minimum atomic E-state index is -0.244. The predicted molar refractivity (Wildman–Crippen MR) is 62.4 cm³/mol. The van der Waals surface area contributed by atoms with Crippen LogP contribution in [-0.4, -0.2) is 35.8 Å². The zero-order chi connectivity index (χ0) is 11.7. The van der Waals surface area contributed by atoms with Gasteiger partial charge in [0, 0.05) is 19.0 Å². The average molecular weight is 235 g/mol. The lowest BCUT2D eigenvalue weighted by Gasteiger charge is -2.22. The van der Waals surface area contributed by atoms with E-state index in [1.165, 1.54) is 12.1 Å². The first-order valence-corrected chi connectivity index (χ1v) is 5.76. The quantitative estimate of drug-likeness (QED) is 0.823. The van der Waals surface area contributed by atoms with Gasteiger partial charge in [-0.3, -0.25) is 0 Å². The molecule has 1 unspecified atom stereocenters. The number of nitrogens with zero attached hydrogens (tertiary/aromatic N) is 1. The summed E-state index contributed by atoms with van der Waals surface area (Å²) in [5.41, 5.74) is 1.55. The van der Waals surface area contributed by atoms with Gasteiger partial charge in [-0.05, 0) is 18.2 Å². The molecule has 5 heteroatoms. The highest BCUT2D eigenvalue weighted by Gasteiger charge is 2.15. The van der Waals surface area contributed by atoms with Crippen molar-refractivity contribution < 1.29 is 9.13 Å². The first kappa shape index (κ1) is 10.7. The molecule has 2 heterocycles. The van der Waals surface area contributed by atoms with Crippen LogP contribution in [0.15, 0.2) is 18.2 Å². The number of hydrogen-bond donors (Lipinski definition) is 2. The number of hydrogen-bond acceptors (Lipinski definition) is 3. The van der Waals surface area contributed by atoms with Crippen LogP contribution in [-0.2, 0) is 11.2 Å². The zero-order valence-electron chi connectivity index (χ0n) is 9.37. The summed E-state index contributed by atoms with van der Waals surface area (Å²) in [6.07, 6.45) is 0.774. The van der Waals surface area contributed by atoms with E-state index in [1.807, 2.05) is 0 Å². The summed E-state index contributed by atoms with van der Waals surface area (Å²) in [5.74, 6) is 0.625. The number of imidazole rings is 1. The SMILES string of the molecule is Fc1ccc2nc(CC3COCCN3)[nH]c2c1. The summed E-state index contributed by atoms with van der Waals surface area (Å²) in [6.45, 7) is 2.34. The number of halogens is 1. The highest BCUT2D eigenvalue weighted by molar-refractivity contribution is 5.74. The van der Waals surface area contributed by atoms with Crippen molar-refractivity contribution in [1.82, 2.24) is 15.3 Å². The van der Waals surface area contributed by atoms with Crippen molar-refractivity contribution >= 4 is 11.0 Å². The summed E-state index contributed by atoms with van der Waals surface area (Å²) >= 11 is 0. The number of rotatable bonds is 2. The van der Waals surface area contributed by atoms with Crippen LogP contribution in [0.3, 0.4) is 0 Å². The number of fused-ring (bicyclic) bond motifs is 1. The molecule has 1 atom stereocenters. The molecule has 0 radical (unpaired) electrons. The molecule has 4 nitrogen and oxygen atoms in total. The lowest BCUT2D eigenvalue weighted by atomic mass is 10.2. The molecule has 17 heavy (non-hydrogen) atoms. The third-order valence-corrected chi connectivity index (χ3v) is 2.93. The van der Waals surface area contributed by atoms with Crippen LogP contribution >= 0.6 is 0 Å². The zero-order valence-corrected chi connectivity index (χ0v) is 9.37. The molecule has 1 fully saturated rings. The predicted octanol–water partition coefficient (Wildman–Crippen LogP) is 1.23. The van der Waals surface area contributed by atoms with Gasteiger partial charge >= 0.3 is 0 Å². The van der Waals surface area contributed by atoms with E-state index >= 15 is 0 Å². The fourth-order valence-corrected chi connectivity index (χ4v) is 2.12. The van der Waals surface area contributed by atoms with Crippen molar-refractivity contribution in [3.8, 4) is 0 Å². The molecule has 0 bridgehead atoms. The molecule has 1 saturated heterocycles. The number of benzene rings is 1. The van der Waals surface area contributed by atoms with Gasteiger partial charge in [-0.25, -0.2) is 9.37 Å². The Morgan fingerprint density at radius 2 is 2.41 bits per heavy atom. The van der Waals surface area contributed by atoms with Gasteiger partial charge in [0.2, 0.25) is 0 Å². The summed E-state index contributed by atoms with van der Waals surface area (Å²) in [7, 11) is 0. The van der Waals surface area contributed by atoms with E-state index in [-0.39, 0.29) is 11.9 Å². The molecule has 1 aliphatic rings. The van der Waals surface area contributed by atoms with Crippen LogP contribution in [0, 0.1) is 5.82 Å². The molecule has 0 saturated carbocycles. The van der Waals surface area contributed by atoms with Crippen molar-refractivity contribution in [2.24, 2.45) is 0 Å². The molecule has 1 aliphatic heterocycles. The molecule has 2 N–H and O–H groups in total. The lowest BCUT2D eigenvalue weighted by Crippen LogP contribution is -2.42. The molecule has 2 aromatic rings. The summed E-state index contributed by atoms with van der Waals surface area (Å²) in [6, 6.07) is 4.87. The van der Waals surface area contributed by atoms with Crippen molar-refractivity contribution in [2.75, 3.05) is 19.8 Å². The first-order chi connectivity index (χ1) is 8.31. The number of aromatic amines is 1. The van der Waals surface area contributed by atoms with E-state index in [0.717, 1.165) is 36.4 Å². The van der Waals surface area contributed by atoms with Crippen molar-refractivity contribution in [1.29, 1.82) is 0 Å². The number of nitrogens with one attached hydrogen (secondary N) is 2. The maximum Gasteiger partial charge on any atom is 0.125 e. The normalized spacial score (nSPS) is 20.9. The second-order valence-electron chi connectivity index (χ2n) is 4.28. The second-order valence-corrected chi connectivity index (χ2v) is 4.28. The van der Waals surface area contributed by atoms with E-state index in [4.69, 9.17) is 4.74 Å². The Morgan fingerprint density at radius 1 is 1.47 bits per heavy atom. The smallest absolute Gasteiger partial charge is 0.125 e. The minimum Gasteiger partial charge on any atom is -0.379 e. The van der Waals surface area contributed by atoms with Crippen LogP contribution < -0.4 is 5.32 Å². The maximum absolute atomic E-state index is 13.0. The number of ether oxygens (including phenoxy) is 1. The molecule has 90 valence electrons. The van der Waals surface area contributed by atoms with Crippen LogP contribution in [0.25, 0.3) is 11.0 Å². The Bertz CT molecular complexity index is 519. The van der Waals surface area contributed by atoms with E-state index in [0.29, 0.717) is 6.61 Å². The van der Waals surface area contributed by atoms with Crippen LogP contribution in [0.5, 0.6) is 0 Å². The lowest BCUT2D eigenvalue weighted by molar-refractivity contribution is 0.0765. The van der Waals surface area contributed by atoms with Crippen molar-refractivity contribution in [2.45, 2.75) is 12.5 Å². The van der Waals surface area contributed by atoms with Gasteiger partial charge in [-0.1, -0.05) is 0 Å². The molecule has 1 aromatic heterocycles. The van der Waals surface area contributed by atoms with Crippen molar-refractivity contribution in [3.63, 3.8) is 0 Å². The van der Waals surface area contributed by atoms with Gasteiger partial charge in [0.05, 0.1) is 24.2 Å². The first-order valence-electron chi connectivity index (χ1n) is 5.76. The topological polar surface area (TPSA) is 49.9 Å². The molecule has 0 aliphatic carbocycles. The Balaban J connectivity index is 1.80. The van der Waals surface area contributed by atoms with Gasteiger partial charge in [-0.2, -0.15) is 0 Å². The monoisotopic (exact) mass is 235 g/mol. The Morgan fingerprint density at radius 3 is 3.24 bits per heavy atom. The third-order valence-electron chi connectivity index (χ3n) is 2.93. The van der Waals surface area contributed by atoms with Crippen LogP contribution in [0.2, 0.25) is 0 Å². The van der Waals surface area contributed by atoms with Gasteiger partial charge in [0.15, 0.2) is 0 Å². The second kappa shape index (κ2) is 4.43. The highest BCUT2D eigenvalue weighted by Crippen LogP contribution is 2.14. The number of morpholine rings is 1. The molecule has 0 amide bonds. The average Bonchev–Trinajstić information content (AvgIpc) is 2.71. The van der Waals surface area contributed by atoms with E-state index < -0.39 is 0 Å². The fourth-order valence-electron chi connectivity index (χ4n) is 2.12. The molecular weight excluding hydrogens is 221 g/mol. The number of aromatic nitrogens is 2. The molecule has 1 aromatic carbocycles. The summed E-state index contributed by atoms with van der Waals surface area (Å²) < 4.78 is 18.4. The highest BCUT2D eigenvalue weighted by atomic mass is 19.1. The molecule has 0 spiro atoms. The van der Waals surface area contributed by atoms with E-state index in [1.54, 1.807) is 6.07 Å². The largest absolute Gasteiger partial charge is 0.379 e. The molecular formula is C12H14FN3O. The Labute approximate surface area is 98.2 Å². The van der Waals surface area contributed by atoms with Gasteiger partial charge in [-0.15, -0.1) is 0 Å². The van der Waals surface area contributed by atoms with Gasteiger partial charge in [0.25, 0.3) is 0 Å². The number of H-pyrrole nitrogens is 1. The summed E-state index contributed by atoms with van der Waals surface area (Å²) in [5, 5.41) is 3.36. The van der Waals surface area contributed by atoms with Crippen LogP contribution in [0.4, 0.5) is 4.39 Å². The minimum absolute atomic E-state index is 0.244. The summed E-state index contributed by atoms with van der Waals surface area (Å²) in [4.78, 5) is 7.57. The van der Waals surface area contributed by atoms with Gasteiger partial charge in [0.1, 0.15) is 11.6 Å². The Kier molecular flexibility index (Phi) is 2.78.